The van der Waals surface area contributed by atoms with Gasteiger partial charge in [-0.3, -0.25) is 4.79 Å². The first-order valence-corrected chi connectivity index (χ1v) is 10.7. The molecule has 0 radical (unpaired) electrons. The fourth-order valence-corrected chi connectivity index (χ4v) is 4.22. The lowest BCUT2D eigenvalue weighted by Crippen LogP contribution is -2.29. The van der Waals surface area contributed by atoms with Crippen LogP contribution in [0.3, 0.4) is 0 Å². The van der Waals surface area contributed by atoms with Gasteiger partial charge in [0.25, 0.3) is 0 Å². The lowest BCUT2D eigenvalue weighted by atomic mass is 9.66. The summed E-state index contributed by atoms with van der Waals surface area (Å²) in [5, 5.41) is 0. The van der Waals surface area contributed by atoms with Gasteiger partial charge in [0, 0.05) is 11.8 Å². The van der Waals surface area contributed by atoms with Gasteiger partial charge in [0.1, 0.15) is 5.80 Å². The monoisotopic (exact) mass is 387 g/mol. The Labute approximate surface area is 170 Å². The van der Waals surface area contributed by atoms with Gasteiger partial charge in [-0.25, -0.2) is 0 Å². The molecular weight excluding hydrogens is 359 g/mol. The van der Waals surface area contributed by atoms with E-state index in [4.69, 9.17) is 0 Å². The van der Waals surface area contributed by atoms with Gasteiger partial charge < -0.3 is 0 Å². The molecule has 0 saturated heterocycles. The Hall–Kier alpha value is -2.50. The Morgan fingerprint density at radius 2 is 1.11 bits per heavy atom. The van der Waals surface area contributed by atoms with Gasteiger partial charge in [0.15, 0.2) is 5.78 Å². The van der Waals surface area contributed by atoms with Crippen LogP contribution in [0.5, 0.6) is 0 Å². The minimum Gasteiger partial charge on any atom is -0.291 e. The summed E-state index contributed by atoms with van der Waals surface area (Å²) in [7, 11) is 2.41. The van der Waals surface area contributed by atoms with E-state index in [1.54, 1.807) is 5.80 Å². The number of benzene rings is 3. The summed E-state index contributed by atoms with van der Waals surface area (Å²) in [4.78, 5) is 11.6. The standard InChI is InChI=1S/C26H27OP/c27-25(21-28)19-11-4-12-20-26(22-13-5-1-6-14-22,23-15-7-2-8-16-23)24-17-9-3-10-18-24/h1-3,5-10,13-18,21,28H,4,11-12,19-20H2/p+1. The molecule has 2 heteroatoms. The molecule has 0 aliphatic heterocycles. The van der Waals surface area contributed by atoms with Crippen molar-refractivity contribution in [3.63, 3.8) is 0 Å². The molecule has 1 unspecified atom stereocenters. The van der Waals surface area contributed by atoms with E-state index < -0.39 is 0 Å². The van der Waals surface area contributed by atoms with Crippen molar-refractivity contribution < 1.29 is 4.79 Å². The van der Waals surface area contributed by atoms with E-state index in [2.05, 4.69) is 99.9 Å². The summed E-state index contributed by atoms with van der Waals surface area (Å²) in [5.74, 6) is 1.81. The largest absolute Gasteiger partial charge is 0.291 e. The Morgan fingerprint density at radius 3 is 1.50 bits per heavy atom. The van der Waals surface area contributed by atoms with Crippen molar-refractivity contribution in [2.45, 2.75) is 37.5 Å². The van der Waals surface area contributed by atoms with E-state index in [1.165, 1.54) is 16.7 Å². The topological polar surface area (TPSA) is 17.1 Å². The van der Waals surface area contributed by atoms with Gasteiger partial charge in [0.2, 0.25) is 0 Å². The minimum absolute atomic E-state index is 0.180. The highest BCUT2D eigenvalue weighted by atomic mass is 31.0. The lowest BCUT2D eigenvalue weighted by molar-refractivity contribution is -0.112. The molecule has 1 atom stereocenters. The van der Waals surface area contributed by atoms with Gasteiger partial charge in [0.05, 0.1) is 8.86 Å². The van der Waals surface area contributed by atoms with E-state index in [0.717, 1.165) is 25.7 Å². The Morgan fingerprint density at radius 1 is 0.679 bits per heavy atom. The van der Waals surface area contributed by atoms with E-state index in [-0.39, 0.29) is 11.2 Å². The summed E-state index contributed by atoms with van der Waals surface area (Å²) < 4.78 is 0. The second-order valence-electron chi connectivity index (χ2n) is 7.20. The lowest BCUT2D eigenvalue weighted by Gasteiger charge is -2.36. The third-order valence-corrected chi connectivity index (χ3v) is 5.83. The average Bonchev–Trinajstić information content (AvgIpc) is 2.78. The molecule has 28 heavy (non-hydrogen) atoms. The van der Waals surface area contributed by atoms with Crippen LogP contribution in [0.15, 0.2) is 91.0 Å². The molecule has 0 aliphatic rings. The summed E-state index contributed by atoms with van der Waals surface area (Å²) in [6, 6.07) is 32.5. The molecular formula is C26H28OP+. The summed E-state index contributed by atoms with van der Waals surface area (Å²) >= 11 is 0. The number of carbonyl (C=O) groups is 1. The molecule has 0 spiro atoms. The summed E-state index contributed by atoms with van der Waals surface area (Å²) in [6.07, 6.45) is 4.72. The summed E-state index contributed by atoms with van der Waals surface area (Å²) in [6.45, 7) is 0. The van der Waals surface area contributed by atoms with Gasteiger partial charge in [-0.15, -0.1) is 0 Å². The number of carbonyl (C=O) groups excluding carboxylic acids is 1. The van der Waals surface area contributed by atoms with Crippen LogP contribution in [0.2, 0.25) is 0 Å². The van der Waals surface area contributed by atoms with Crippen LogP contribution in [0, 0.1) is 0 Å². The highest BCUT2D eigenvalue weighted by molar-refractivity contribution is 7.22. The molecule has 0 aliphatic carbocycles. The number of hydrogen-bond acceptors (Lipinski definition) is 1. The van der Waals surface area contributed by atoms with Crippen molar-refractivity contribution in [1.82, 2.24) is 0 Å². The first kappa shape index (κ1) is 20.2. The minimum atomic E-state index is -0.180. The Bertz CT molecular complexity index is 775. The van der Waals surface area contributed by atoms with Crippen molar-refractivity contribution in [1.29, 1.82) is 0 Å². The zero-order valence-electron chi connectivity index (χ0n) is 16.3. The quantitative estimate of drug-likeness (QED) is 0.229. The van der Waals surface area contributed by atoms with E-state index in [9.17, 15) is 4.79 Å². The SMILES string of the molecule is O=C(C=[PH2+])CCCCCC(c1ccccc1)(c1ccccc1)c1ccccc1. The number of Topliss-reactive ketones (excluding diaryl/α,β-unsaturated/α-hetero) is 1. The maximum Gasteiger partial charge on any atom is 0.196 e. The molecule has 0 amide bonds. The highest BCUT2D eigenvalue weighted by Crippen LogP contribution is 2.43. The third kappa shape index (κ3) is 4.66. The number of rotatable bonds is 10. The maximum atomic E-state index is 11.6. The van der Waals surface area contributed by atoms with Crippen molar-refractivity contribution in [3.05, 3.63) is 108 Å². The Kier molecular flexibility index (Phi) is 7.34. The van der Waals surface area contributed by atoms with E-state index in [1.807, 2.05) is 0 Å². The molecule has 0 fully saturated rings. The maximum absolute atomic E-state index is 11.6. The van der Waals surface area contributed by atoms with E-state index >= 15 is 0 Å². The van der Waals surface area contributed by atoms with Crippen LogP contribution < -0.4 is 0 Å². The molecule has 3 aromatic rings. The number of ketones is 1. The first-order valence-electron chi connectivity index (χ1n) is 10.0. The second-order valence-corrected chi connectivity index (χ2v) is 7.53. The summed E-state index contributed by atoms with van der Waals surface area (Å²) in [5.41, 5.74) is 3.78. The van der Waals surface area contributed by atoms with Crippen LogP contribution in [-0.4, -0.2) is 11.6 Å². The molecule has 0 bridgehead atoms. The normalized spacial score (nSPS) is 11.1. The predicted molar refractivity (Wildman–Crippen MR) is 123 cm³/mol. The van der Waals surface area contributed by atoms with Crippen molar-refractivity contribution >= 4 is 20.4 Å². The molecule has 0 aromatic heterocycles. The fourth-order valence-electron chi connectivity index (χ4n) is 4.05. The smallest absolute Gasteiger partial charge is 0.196 e. The van der Waals surface area contributed by atoms with Crippen molar-refractivity contribution in [3.8, 4) is 0 Å². The fraction of sp³-hybridized carbons (Fsp3) is 0.231. The Balaban J connectivity index is 1.97. The zero-order valence-corrected chi connectivity index (χ0v) is 17.4. The van der Waals surface area contributed by atoms with Crippen LogP contribution >= 0.6 is 8.86 Å². The third-order valence-electron chi connectivity index (χ3n) is 5.46. The number of hydrogen-bond donors (Lipinski definition) is 0. The van der Waals surface area contributed by atoms with Crippen molar-refractivity contribution in [2.75, 3.05) is 0 Å². The molecule has 0 saturated carbocycles. The molecule has 3 rings (SSSR count). The van der Waals surface area contributed by atoms with Gasteiger partial charge in [-0.05, 0) is 29.5 Å². The molecule has 142 valence electrons. The predicted octanol–water partition coefficient (Wildman–Crippen LogP) is 6.22. The molecule has 1 nitrogen and oxygen atoms in total. The van der Waals surface area contributed by atoms with Crippen LogP contribution in [0.4, 0.5) is 0 Å². The molecule has 3 aromatic carbocycles. The average molecular weight is 387 g/mol. The van der Waals surface area contributed by atoms with Crippen molar-refractivity contribution in [2.24, 2.45) is 0 Å². The van der Waals surface area contributed by atoms with Gasteiger partial charge >= 0.3 is 0 Å². The molecule has 0 N–H and O–H groups in total. The zero-order chi connectivity index (χ0) is 19.7. The molecule has 0 heterocycles. The number of unbranched alkanes of at least 4 members (excludes halogenated alkanes) is 2. The van der Waals surface area contributed by atoms with E-state index in [0.29, 0.717) is 6.42 Å². The highest BCUT2D eigenvalue weighted by Gasteiger charge is 2.35. The van der Waals surface area contributed by atoms with Crippen LogP contribution in [-0.2, 0) is 10.2 Å². The van der Waals surface area contributed by atoms with Gasteiger partial charge in [-0.1, -0.05) is 104 Å². The van der Waals surface area contributed by atoms with Gasteiger partial charge in [-0.2, -0.15) is 0 Å². The van der Waals surface area contributed by atoms with Crippen LogP contribution in [0.25, 0.3) is 0 Å². The first-order chi connectivity index (χ1) is 13.8. The van der Waals surface area contributed by atoms with Crippen LogP contribution in [0.1, 0.15) is 48.8 Å². The second kappa shape index (κ2) is 10.2.